The van der Waals surface area contributed by atoms with E-state index in [1.165, 1.54) is 0 Å². The molecule has 108 valence electrons. The van der Waals surface area contributed by atoms with E-state index in [-0.39, 0.29) is 0 Å². The van der Waals surface area contributed by atoms with Gasteiger partial charge in [-0.3, -0.25) is 24.5 Å². The van der Waals surface area contributed by atoms with Crippen LogP contribution in [0.2, 0.25) is 0 Å². The van der Waals surface area contributed by atoms with Crippen molar-refractivity contribution >= 4 is 34.6 Å². The highest BCUT2D eigenvalue weighted by molar-refractivity contribution is 6.83. The van der Waals surface area contributed by atoms with Crippen molar-refractivity contribution in [1.82, 2.24) is 0 Å². The number of fused-ring (bicyclic) bond motifs is 1. The van der Waals surface area contributed by atoms with Gasteiger partial charge in [-0.2, -0.15) is 4.39 Å². The molecule has 21 heavy (non-hydrogen) atoms. The molecule has 1 aromatic carbocycles. The fraction of sp³-hybridized carbons (Fsp3) is 0. The molecular weight excluding hydrogens is 296 g/mol. The van der Waals surface area contributed by atoms with Gasteiger partial charge in [0.05, 0.1) is 10.6 Å². The van der Waals surface area contributed by atoms with Gasteiger partial charge in [0.1, 0.15) is 5.56 Å². The summed E-state index contributed by atoms with van der Waals surface area (Å²) in [7, 11) is 0. The smallest absolute Gasteiger partial charge is 0.321 e. The van der Waals surface area contributed by atoms with Gasteiger partial charge in [-0.1, -0.05) is 5.16 Å². The number of carbonyl (C=O) groups is 3. The average Bonchev–Trinajstić information content (AvgIpc) is 2.49. The predicted octanol–water partition coefficient (Wildman–Crippen LogP) is 0.407. The number of benzene rings is 1. The molecule has 0 radical (unpaired) electrons. The van der Waals surface area contributed by atoms with E-state index in [4.69, 9.17) is 5.21 Å². The Balaban J connectivity index is 2.90. The van der Waals surface area contributed by atoms with Crippen LogP contribution in [-0.2, 0) is 9.59 Å². The van der Waals surface area contributed by atoms with Crippen LogP contribution >= 0.6 is 0 Å². The highest BCUT2D eigenvalue weighted by Crippen LogP contribution is 2.33. The van der Waals surface area contributed by atoms with Gasteiger partial charge in [0, 0.05) is 6.07 Å². The molecular formula is C10H3F2N3O6. The summed E-state index contributed by atoms with van der Waals surface area (Å²) in [4.78, 5) is 44.1. The molecule has 1 amide bonds. The molecule has 0 aliphatic carbocycles. The third kappa shape index (κ3) is 2.00. The Morgan fingerprint density at radius 1 is 1.24 bits per heavy atom. The van der Waals surface area contributed by atoms with Gasteiger partial charge in [-0.15, -0.1) is 0 Å². The molecule has 2 N–H and O–H groups in total. The summed E-state index contributed by atoms with van der Waals surface area (Å²) in [5.74, 6) is -8.33. The van der Waals surface area contributed by atoms with Crippen LogP contribution in [-0.4, -0.2) is 33.3 Å². The second-order valence-electron chi connectivity index (χ2n) is 3.76. The molecule has 0 saturated carbocycles. The quantitative estimate of drug-likeness (QED) is 0.333. The normalized spacial score (nSPS) is 16.5. The van der Waals surface area contributed by atoms with E-state index in [1.54, 1.807) is 5.32 Å². The van der Waals surface area contributed by atoms with Crippen LogP contribution in [0.3, 0.4) is 0 Å². The number of ketones is 2. The van der Waals surface area contributed by atoms with Crippen LogP contribution in [0, 0.1) is 21.7 Å². The molecule has 0 aromatic heterocycles. The lowest BCUT2D eigenvalue weighted by Gasteiger charge is -2.06. The maximum atomic E-state index is 13.5. The van der Waals surface area contributed by atoms with E-state index >= 15 is 0 Å². The minimum absolute atomic E-state index is 0.307. The number of hydrogen-bond acceptors (Lipinski definition) is 7. The minimum Gasteiger partial charge on any atom is -0.410 e. The molecule has 0 unspecified atom stereocenters. The van der Waals surface area contributed by atoms with Gasteiger partial charge in [-0.25, -0.2) is 4.39 Å². The average molecular weight is 299 g/mol. The molecule has 0 atom stereocenters. The number of rotatable bonds is 1. The van der Waals surface area contributed by atoms with Crippen molar-refractivity contribution in [3.63, 3.8) is 0 Å². The second kappa shape index (κ2) is 4.70. The first-order valence-electron chi connectivity index (χ1n) is 5.08. The van der Waals surface area contributed by atoms with E-state index in [9.17, 15) is 33.3 Å². The van der Waals surface area contributed by atoms with E-state index in [0.717, 1.165) is 0 Å². The predicted molar refractivity (Wildman–Crippen MR) is 60.2 cm³/mol. The van der Waals surface area contributed by atoms with Gasteiger partial charge in [-0.05, 0) is 0 Å². The van der Waals surface area contributed by atoms with Gasteiger partial charge >= 0.3 is 5.69 Å². The Kier molecular flexibility index (Phi) is 3.17. The number of carbonyl (C=O) groups excluding carboxylic acids is 3. The third-order valence-electron chi connectivity index (χ3n) is 2.59. The molecule has 0 spiro atoms. The summed E-state index contributed by atoms with van der Waals surface area (Å²) in [6.07, 6.45) is 0. The van der Waals surface area contributed by atoms with Crippen molar-refractivity contribution in [2.75, 3.05) is 5.32 Å². The van der Waals surface area contributed by atoms with Crippen LogP contribution in [0.4, 0.5) is 20.2 Å². The first-order valence-corrected chi connectivity index (χ1v) is 5.08. The Morgan fingerprint density at radius 2 is 1.86 bits per heavy atom. The zero-order chi connectivity index (χ0) is 15.9. The zero-order valence-electron chi connectivity index (χ0n) is 9.72. The Hall–Kier alpha value is -3.24. The van der Waals surface area contributed by atoms with Gasteiger partial charge in [0.15, 0.2) is 5.82 Å². The number of nitro benzene ring substituents is 1. The largest absolute Gasteiger partial charge is 0.410 e. The SMILES string of the molecule is O=C1Nc2cc(F)c(F)c([N+](=O)[O-])c2C(=O)C(=NO)C1=O. The van der Waals surface area contributed by atoms with E-state index in [1.807, 2.05) is 0 Å². The van der Waals surface area contributed by atoms with Crippen LogP contribution in [0.1, 0.15) is 10.4 Å². The minimum atomic E-state index is -1.95. The summed E-state index contributed by atoms with van der Waals surface area (Å²) in [5, 5.41) is 23.4. The highest BCUT2D eigenvalue weighted by atomic mass is 19.2. The molecule has 2 rings (SSSR count). The first-order chi connectivity index (χ1) is 9.79. The zero-order valence-corrected chi connectivity index (χ0v) is 9.72. The number of hydrogen-bond donors (Lipinski definition) is 2. The number of amides is 1. The van der Waals surface area contributed by atoms with Crippen LogP contribution in [0.5, 0.6) is 0 Å². The molecule has 0 saturated heterocycles. The van der Waals surface area contributed by atoms with Crippen molar-refractivity contribution in [3.8, 4) is 0 Å². The fourth-order valence-corrected chi connectivity index (χ4v) is 1.71. The molecule has 9 nitrogen and oxygen atoms in total. The van der Waals surface area contributed by atoms with Crippen molar-refractivity contribution in [2.45, 2.75) is 0 Å². The molecule has 0 bridgehead atoms. The standard InChI is InChI=1S/C10H3F2N3O6/c11-2-1-3-4(7(5(2)12)15(20)21)8(16)6(14-19)9(17)10(18)13-3/h1,19H,(H,13,18). The second-order valence-corrected chi connectivity index (χ2v) is 3.76. The summed E-state index contributed by atoms with van der Waals surface area (Å²) in [6.45, 7) is 0. The van der Waals surface area contributed by atoms with E-state index in [2.05, 4.69) is 5.16 Å². The Bertz CT molecular complexity index is 758. The number of halogens is 2. The number of nitro groups is 1. The molecule has 11 heteroatoms. The number of anilines is 1. The van der Waals surface area contributed by atoms with Crippen LogP contribution in [0.15, 0.2) is 11.2 Å². The molecule has 1 aliphatic heterocycles. The number of Topliss-reactive ketones (excluding diaryl/α,β-unsaturated/α-hetero) is 2. The number of nitrogens with zero attached hydrogens (tertiary/aromatic N) is 2. The first kappa shape index (κ1) is 14.2. The lowest BCUT2D eigenvalue weighted by Crippen LogP contribution is -2.31. The lowest BCUT2D eigenvalue weighted by molar-refractivity contribution is -0.387. The third-order valence-corrected chi connectivity index (χ3v) is 2.59. The fourth-order valence-electron chi connectivity index (χ4n) is 1.71. The topological polar surface area (TPSA) is 139 Å². The summed E-state index contributed by atoms with van der Waals surface area (Å²) < 4.78 is 26.8. The molecule has 1 heterocycles. The monoisotopic (exact) mass is 299 g/mol. The molecule has 1 aliphatic rings. The van der Waals surface area contributed by atoms with Crippen molar-refractivity contribution in [3.05, 3.63) is 33.4 Å². The summed E-state index contributed by atoms with van der Waals surface area (Å²) in [5.41, 5.74) is -4.79. The van der Waals surface area contributed by atoms with Crippen molar-refractivity contribution in [2.24, 2.45) is 5.16 Å². The maximum absolute atomic E-state index is 13.5. The van der Waals surface area contributed by atoms with E-state index < -0.39 is 56.7 Å². The van der Waals surface area contributed by atoms with E-state index in [0.29, 0.717) is 6.07 Å². The van der Waals surface area contributed by atoms with Gasteiger partial charge in [0.25, 0.3) is 11.7 Å². The number of nitrogens with one attached hydrogen (secondary N) is 1. The summed E-state index contributed by atoms with van der Waals surface area (Å²) in [6, 6.07) is 0.307. The molecule has 0 fully saturated rings. The summed E-state index contributed by atoms with van der Waals surface area (Å²) >= 11 is 0. The highest BCUT2D eigenvalue weighted by Gasteiger charge is 2.41. The Morgan fingerprint density at radius 3 is 2.38 bits per heavy atom. The Labute approximate surface area is 113 Å². The molecule has 1 aromatic rings. The van der Waals surface area contributed by atoms with Gasteiger partial charge < -0.3 is 10.5 Å². The van der Waals surface area contributed by atoms with Crippen molar-refractivity contribution < 1.29 is 33.3 Å². The maximum Gasteiger partial charge on any atom is 0.321 e. The van der Waals surface area contributed by atoms with Gasteiger partial charge in [0.2, 0.25) is 17.3 Å². The lowest BCUT2D eigenvalue weighted by atomic mass is 10.0. The number of oxime groups is 1. The van der Waals surface area contributed by atoms with Crippen LogP contribution in [0.25, 0.3) is 0 Å². The van der Waals surface area contributed by atoms with Crippen LogP contribution < -0.4 is 5.32 Å². The van der Waals surface area contributed by atoms with Crippen molar-refractivity contribution in [1.29, 1.82) is 0 Å².